The van der Waals surface area contributed by atoms with Crippen molar-refractivity contribution >= 4 is 47.6 Å². The Kier molecular flexibility index (Phi) is 4.45. The molecule has 1 N–H and O–H groups in total. The number of aryl methyl sites for hydroxylation is 1. The average molecular weight is 399 g/mol. The first-order chi connectivity index (χ1) is 13.0. The minimum absolute atomic E-state index is 0.144. The van der Waals surface area contributed by atoms with Gasteiger partial charge in [0, 0.05) is 11.6 Å². The number of hydrogen-bond acceptors (Lipinski definition) is 6. The largest absolute Gasteiger partial charge is 0.492 e. The highest BCUT2D eigenvalue weighted by molar-refractivity contribution is 7.93. The van der Waals surface area contributed by atoms with Crippen LogP contribution in [0.25, 0.3) is 21.1 Å². The summed E-state index contributed by atoms with van der Waals surface area (Å²) in [6, 6.07) is 12.4. The fraction of sp³-hybridized carbons (Fsp3) is 0.158. The van der Waals surface area contributed by atoms with E-state index in [1.54, 1.807) is 24.4 Å². The highest BCUT2D eigenvalue weighted by Crippen LogP contribution is 2.33. The first-order valence-electron chi connectivity index (χ1n) is 8.39. The van der Waals surface area contributed by atoms with Crippen LogP contribution in [0.2, 0.25) is 0 Å². The van der Waals surface area contributed by atoms with Gasteiger partial charge in [-0.3, -0.25) is 9.71 Å². The van der Waals surface area contributed by atoms with Gasteiger partial charge in [-0.1, -0.05) is 23.5 Å². The molecule has 0 saturated carbocycles. The van der Waals surface area contributed by atoms with Crippen LogP contribution < -0.4 is 9.46 Å². The summed E-state index contributed by atoms with van der Waals surface area (Å²) in [6.07, 6.45) is 1.62. The summed E-state index contributed by atoms with van der Waals surface area (Å²) < 4.78 is 35.2. The number of benzene rings is 2. The zero-order valence-corrected chi connectivity index (χ0v) is 16.4. The van der Waals surface area contributed by atoms with E-state index in [0.29, 0.717) is 28.4 Å². The van der Waals surface area contributed by atoms with Crippen molar-refractivity contribution in [2.45, 2.75) is 18.7 Å². The quantitative estimate of drug-likeness (QED) is 0.539. The molecule has 0 atom stereocenters. The van der Waals surface area contributed by atoms with Crippen LogP contribution in [-0.4, -0.2) is 25.0 Å². The Morgan fingerprint density at radius 1 is 1.11 bits per heavy atom. The number of sulfonamides is 1. The Morgan fingerprint density at radius 3 is 2.74 bits per heavy atom. The Morgan fingerprint density at radius 2 is 1.96 bits per heavy atom. The minimum atomic E-state index is -3.83. The number of pyridine rings is 1. The van der Waals surface area contributed by atoms with E-state index in [9.17, 15) is 8.42 Å². The van der Waals surface area contributed by atoms with Crippen molar-refractivity contribution in [1.82, 2.24) is 9.97 Å². The van der Waals surface area contributed by atoms with E-state index in [1.165, 1.54) is 17.4 Å². The third-order valence-electron chi connectivity index (χ3n) is 4.12. The van der Waals surface area contributed by atoms with E-state index in [1.807, 2.05) is 32.0 Å². The zero-order chi connectivity index (χ0) is 19.0. The highest BCUT2D eigenvalue weighted by atomic mass is 32.2. The van der Waals surface area contributed by atoms with Gasteiger partial charge in [-0.05, 0) is 49.7 Å². The van der Waals surface area contributed by atoms with Crippen LogP contribution in [0.1, 0.15) is 12.5 Å². The molecule has 2 aromatic heterocycles. The second kappa shape index (κ2) is 6.79. The lowest BCUT2D eigenvalue weighted by molar-refractivity contribution is 0.343. The van der Waals surface area contributed by atoms with Crippen molar-refractivity contribution in [3.63, 3.8) is 0 Å². The van der Waals surface area contributed by atoms with Crippen LogP contribution in [0.15, 0.2) is 53.6 Å². The molecule has 0 aliphatic rings. The number of ether oxygens (including phenoxy) is 1. The number of para-hydroxylation sites is 1. The number of aromatic nitrogens is 2. The molecule has 2 aromatic carbocycles. The third-order valence-corrected chi connectivity index (χ3v) is 6.59. The van der Waals surface area contributed by atoms with Gasteiger partial charge in [0.1, 0.15) is 11.3 Å². The normalized spacial score (nSPS) is 11.8. The average Bonchev–Trinajstić information content (AvgIpc) is 3.05. The summed E-state index contributed by atoms with van der Waals surface area (Å²) in [7, 11) is -3.83. The molecule has 0 aliphatic carbocycles. The summed E-state index contributed by atoms with van der Waals surface area (Å²) in [5.41, 5.74) is 2.32. The van der Waals surface area contributed by atoms with Crippen LogP contribution in [0.4, 0.5) is 5.13 Å². The maximum atomic E-state index is 13.0. The zero-order valence-electron chi connectivity index (χ0n) is 14.8. The Balaban J connectivity index is 1.79. The number of thiazole rings is 1. The van der Waals surface area contributed by atoms with Gasteiger partial charge in [-0.15, -0.1) is 0 Å². The lowest BCUT2D eigenvalue weighted by Gasteiger charge is -2.11. The van der Waals surface area contributed by atoms with Gasteiger partial charge < -0.3 is 4.74 Å². The van der Waals surface area contributed by atoms with E-state index in [2.05, 4.69) is 14.7 Å². The number of hydrogen-bond donors (Lipinski definition) is 1. The second-order valence-electron chi connectivity index (χ2n) is 5.94. The number of anilines is 1. The Hall–Kier alpha value is -2.71. The maximum absolute atomic E-state index is 13.0. The SMILES string of the molecule is CCOc1ccc(S(=O)(=O)Nc2nc3c(C)cccc3s2)c2cccnc12. The van der Waals surface area contributed by atoms with Crippen molar-refractivity contribution in [3.05, 3.63) is 54.2 Å². The van der Waals surface area contributed by atoms with Crippen molar-refractivity contribution in [3.8, 4) is 5.75 Å². The summed E-state index contributed by atoms with van der Waals surface area (Å²) in [6.45, 7) is 4.29. The van der Waals surface area contributed by atoms with Crippen LogP contribution in [0.5, 0.6) is 5.75 Å². The predicted octanol–water partition coefficient (Wildman–Crippen LogP) is 4.35. The summed E-state index contributed by atoms with van der Waals surface area (Å²) in [5, 5.41) is 0.846. The molecular weight excluding hydrogens is 382 g/mol. The van der Waals surface area contributed by atoms with Crippen LogP contribution in [0, 0.1) is 6.92 Å². The van der Waals surface area contributed by atoms with Gasteiger partial charge in [0.05, 0.1) is 21.7 Å². The standard InChI is InChI=1S/C19H17N3O3S2/c1-3-25-14-9-10-16(13-7-5-11-20-18(13)14)27(23,24)22-19-21-17-12(2)6-4-8-15(17)26-19/h4-11H,3H2,1-2H3,(H,21,22). The molecular formula is C19H17N3O3S2. The van der Waals surface area contributed by atoms with Gasteiger partial charge in [0.2, 0.25) is 0 Å². The molecule has 0 fully saturated rings. The van der Waals surface area contributed by atoms with Crippen LogP contribution >= 0.6 is 11.3 Å². The molecule has 8 heteroatoms. The van der Waals surface area contributed by atoms with Crippen molar-refractivity contribution in [2.24, 2.45) is 0 Å². The van der Waals surface area contributed by atoms with E-state index in [4.69, 9.17) is 4.74 Å². The van der Waals surface area contributed by atoms with Crippen LogP contribution in [0.3, 0.4) is 0 Å². The topological polar surface area (TPSA) is 81.2 Å². The van der Waals surface area contributed by atoms with Crippen LogP contribution in [-0.2, 0) is 10.0 Å². The van der Waals surface area contributed by atoms with E-state index < -0.39 is 10.0 Å². The van der Waals surface area contributed by atoms with Crippen molar-refractivity contribution in [1.29, 1.82) is 0 Å². The first-order valence-corrected chi connectivity index (χ1v) is 10.7. The molecule has 6 nitrogen and oxygen atoms in total. The molecule has 4 aromatic rings. The van der Waals surface area contributed by atoms with Gasteiger partial charge in [-0.2, -0.15) is 0 Å². The maximum Gasteiger partial charge on any atom is 0.264 e. The van der Waals surface area contributed by atoms with Gasteiger partial charge in [0.15, 0.2) is 5.13 Å². The predicted molar refractivity (Wildman–Crippen MR) is 108 cm³/mol. The highest BCUT2D eigenvalue weighted by Gasteiger charge is 2.21. The molecule has 0 spiro atoms. The van der Waals surface area contributed by atoms with Crippen molar-refractivity contribution in [2.75, 3.05) is 11.3 Å². The van der Waals surface area contributed by atoms with Gasteiger partial charge in [-0.25, -0.2) is 13.4 Å². The smallest absolute Gasteiger partial charge is 0.264 e. The molecule has 0 amide bonds. The molecule has 0 bridgehead atoms. The molecule has 0 radical (unpaired) electrons. The van der Waals surface area contributed by atoms with E-state index in [0.717, 1.165) is 15.8 Å². The summed E-state index contributed by atoms with van der Waals surface area (Å²) in [5.74, 6) is 0.558. The molecule has 0 aliphatic heterocycles. The monoisotopic (exact) mass is 399 g/mol. The summed E-state index contributed by atoms with van der Waals surface area (Å²) >= 11 is 1.31. The van der Waals surface area contributed by atoms with Gasteiger partial charge in [0.25, 0.3) is 10.0 Å². The Bertz CT molecular complexity index is 1250. The third kappa shape index (κ3) is 3.22. The molecule has 0 unspecified atom stereocenters. The fourth-order valence-electron chi connectivity index (χ4n) is 2.93. The molecule has 27 heavy (non-hydrogen) atoms. The molecule has 2 heterocycles. The van der Waals surface area contributed by atoms with E-state index in [-0.39, 0.29) is 4.90 Å². The number of nitrogens with zero attached hydrogens (tertiary/aromatic N) is 2. The number of fused-ring (bicyclic) bond motifs is 2. The van der Waals surface area contributed by atoms with Gasteiger partial charge >= 0.3 is 0 Å². The molecule has 138 valence electrons. The van der Waals surface area contributed by atoms with Crippen molar-refractivity contribution < 1.29 is 13.2 Å². The lowest BCUT2D eigenvalue weighted by atomic mass is 10.2. The fourth-order valence-corrected chi connectivity index (χ4v) is 5.30. The van der Waals surface area contributed by atoms with E-state index >= 15 is 0 Å². The molecule has 4 rings (SSSR count). The number of rotatable bonds is 5. The number of nitrogens with one attached hydrogen (secondary N) is 1. The minimum Gasteiger partial charge on any atom is -0.492 e. The second-order valence-corrected chi connectivity index (χ2v) is 8.62. The molecule has 0 saturated heterocycles. The Labute approximate surface area is 160 Å². The summed E-state index contributed by atoms with van der Waals surface area (Å²) in [4.78, 5) is 8.88. The first kappa shape index (κ1) is 17.7. The lowest BCUT2D eigenvalue weighted by Crippen LogP contribution is -2.13.